The Morgan fingerprint density at radius 1 is 1.23 bits per heavy atom. The smallest absolute Gasteiger partial charge is 0.229 e. The minimum absolute atomic E-state index is 0.492. The minimum atomic E-state index is 0.492. The number of nitrogen functional groups attached to an aromatic ring is 1. The van der Waals surface area contributed by atoms with Crippen molar-refractivity contribution in [2.45, 2.75) is 25.4 Å². The zero-order valence-electron chi connectivity index (χ0n) is 12.5. The maximum atomic E-state index is 6.09. The highest BCUT2D eigenvalue weighted by Gasteiger charge is 2.31. The van der Waals surface area contributed by atoms with Gasteiger partial charge in [-0.3, -0.25) is 4.68 Å². The third-order valence-electron chi connectivity index (χ3n) is 4.05. The summed E-state index contributed by atoms with van der Waals surface area (Å²) in [6.07, 6.45) is 4.08. The van der Waals surface area contributed by atoms with Crippen LogP contribution in [0.2, 0.25) is 0 Å². The van der Waals surface area contributed by atoms with Crippen molar-refractivity contribution in [3.63, 3.8) is 0 Å². The van der Waals surface area contributed by atoms with E-state index in [2.05, 4.69) is 44.2 Å². The quantitative estimate of drug-likeness (QED) is 0.798. The van der Waals surface area contributed by atoms with Crippen LogP contribution in [0.1, 0.15) is 18.4 Å². The van der Waals surface area contributed by atoms with Crippen LogP contribution >= 0.6 is 0 Å². The number of rotatable bonds is 4. The molecule has 0 atom stereocenters. The van der Waals surface area contributed by atoms with Crippen LogP contribution in [0.3, 0.4) is 0 Å². The Morgan fingerprint density at radius 2 is 2.00 bits per heavy atom. The van der Waals surface area contributed by atoms with Gasteiger partial charge < -0.3 is 10.6 Å². The van der Waals surface area contributed by atoms with Crippen molar-refractivity contribution in [3.05, 3.63) is 42.1 Å². The molecule has 1 aliphatic rings. The van der Waals surface area contributed by atoms with Gasteiger partial charge in [-0.2, -0.15) is 15.1 Å². The van der Waals surface area contributed by atoms with E-state index in [0.29, 0.717) is 17.8 Å². The van der Waals surface area contributed by atoms with Gasteiger partial charge in [0.2, 0.25) is 5.95 Å². The highest BCUT2D eigenvalue weighted by atomic mass is 15.3. The van der Waals surface area contributed by atoms with Gasteiger partial charge in [-0.15, -0.1) is 0 Å². The molecule has 0 unspecified atom stereocenters. The maximum absolute atomic E-state index is 6.09. The number of anilines is 2. The summed E-state index contributed by atoms with van der Waals surface area (Å²) in [6.45, 7) is 0.800. The van der Waals surface area contributed by atoms with E-state index in [1.54, 1.807) is 10.9 Å². The lowest BCUT2D eigenvalue weighted by Crippen LogP contribution is -2.27. The molecule has 3 aromatic rings. The molecule has 2 N–H and O–H groups in total. The average molecular weight is 294 g/mol. The first kappa shape index (κ1) is 13.1. The monoisotopic (exact) mass is 294 g/mol. The Kier molecular flexibility index (Phi) is 2.96. The van der Waals surface area contributed by atoms with Gasteiger partial charge in [0.15, 0.2) is 5.65 Å². The Balaban J connectivity index is 1.75. The number of benzene rings is 1. The largest absolute Gasteiger partial charge is 0.383 e. The molecule has 1 fully saturated rings. The third-order valence-corrected chi connectivity index (χ3v) is 4.05. The molecule has 6 nitrogen and oxygen atoms in total. The zero-order valence-corrected chi connectivity index (χ0v) is 12.5. The van der Waals surface area contributed by atoms with Crippen LogP contribution in [0.5, 0.6) is 0 Å². The number of fused-ring (bicyclic) bond motifs is 1. The molecule has 1 aromatic carbocycles. The Labute approximate surface area is 128 Å². The number of aromatic nitrogens is 4. The van der Waals surface area contributed by atoms with E-state index in [0.717, 1.165) is 17.6 Å². The first-order valence-corrected chi connectivity index (χ1v) is 7.48. The van der Waals surface area contributed by atoms with Gasteiger partial charge in [-0.25, -0.2) is 0 Å². The van der Waals surface area contributed by atoms with E-state index in [1.807, 2.05) is 13.1 Å². The number of nitrogens with zero attached hydrogens (tertiary/aromatic N) is 5. The normalized spacial score (nSPS) is 14.4. The number of hydrogen-bond donors (Lipinski definition) is 1. The molecular formula is C16H18N6. The summed E-state index contributed by atoms with van der Waals surface area (Å²) in [7, 11) is 1.87. The van der Waals surface area contributed by atoms with Crippen molar-refractivity contribution in [1.29, 1.82) is 0 Å². The van der Waals surface area contributed by atoms with Crippen LogP contribution in [0.25, 0.3) is 11.0 Å². The van der Waals surface area contributed by atoms with E-state index in [-0.39, 0.29) is 0 Å². The predicted molar refractivity (Wildman–Crippen MR) is 86.4 cm³/mol. The molecule has 22 heavy (non-hydrogen) atoms. The van der Waals surface area contributed by atoms with Gasteiger partial charge in [0.05, 0.1) is 11.6 Å². The first-order chi connectivity index (χ1) is 10.7. The summed E-state index contributed by atoms with van der Waals surface area (Å²) < 4.78 is 1.74. The third kappa shape index (κ3) is 2.26. The molecule has 0 radical (unpaired) electrons. The van der Waals surface area contributed by atoms with Crippen molar-refractivity contribution in [2.24, 2.45) is 7.05 Å². The molecule has 1 saturated carbocycles. The van der Waals surface area contributed by atoms with Crippen LogP contribution in [-0.2, 0) is 13.6 Å². The molecule has 112 valence electrons. The standard InChI is InChI=1S/C16H18N6/c1-21-15-13(9-18-21)14(17)19-16(20-15)22(12-7-8-12)10-11-5-3-2-4-6-11/h2-6,9,12H,7-8,10H2,1H3,(H2,17,19,20). The van der Waals surface area contributed by atoms with Crippen molar-refractivity contribution >= 4 is 22.8 Å². The predicted octanol–water partition coefficient (Wildman–Crippen LogP) is 2.11. The average Bonchev–Trinajstić information content (AvgIpc) is 3.30. The summed E-state index contributed by atoms with van der Waals surface area (Å²) in [5.41, 5.74) is 8.12. The Morgan fingerprint density at radius 3 is 2.73 bits per heavy atom. The molecule has 0 saturated heterocycles. The second kappa shape index (κ2) is 4.98. The Bertz CT molecular complexity index is 806. The summed E-state index contributed by atoms with van der Waals surface area (Å²) in [5.74, 6) is 1.19. The summed E-state index contributed by atoms with van der Waals surface area (Å²) in [6, 6.07) is 10.9. The molecule has 6 heteroatoms. The van der Waals surface area contributed by atoms with E-state index in [1.165, 1.54) is 18.4 Å². The Hall–Kier alpha value is -2.63. The second-order valence-electron chi connectivity index (χ2n) is 5.76. The van der Waals surface area contributed by atoms with E-state index >= 15 is 0 Å². The van der Waals surface area contributed by atoms with Gasteiger partial charge in [0, 0.05) is 19.6 Å². The molecule has 0 amide bonds. The summed E-state index contributed by atoms with van der Waals surface area (Å²) in [4.78, 5) is 11.4. The number of aryl methyl sites for hydroxylation is 1. The lowest BCUT2D eigenvalue weighted by atomic mass is 10.2. The van der Waals surface area contributed by atoms with Gasteiger partial charge in [-0.1, -0.05) is 30.3 Å². The van der Waals surface area contributed by atoms with E-state index in [4.69, 9.17) is 5.73 Å². The van der Waals surface area contributed by atoms with Gasteiger partial charge >= 0.3 is 0 Å². The molecule has 2 aromatic heterocycles. The van der Waals surface area contributed by atoms with Crippen molar-refractivity contribution < 1.29 is 0 Å². The number of hydrogen-bond acceptors (Lipinski definition) is 5. The molecule has 4 rings (SSSR count). The topological polar surface area (TPSA) is 72.9 Å². The van der Waals surface area contributed by atoms with E-state index in [9.17, 15) is 0 Å². The van der Waals surface area contributed by atoms with Crippen LogP contribution in [0.15, 0.2) is 36.5 Å². The SMILES string of the molecule is Cn1ncc2c(N)nc(N(Cc3ccccc3)C3CC3)nc21. The second-order valence-corrected chi connectivity index (χ2v) is 5.76. The molecule has 0 bridgehead atoms. The number of nitrogens with two attached hydrogens (primary N) is 1. The zero-order chi connectivity index (χ0) is 15.1. The molecule has 2 heterocycles. The fourth-order valence-corrected chi connectivity index (χ4v) is 2.69. The highest BCUT2D eigenvalue weighted by molar-refractivity contribution is 5.86. The lowest BCUT2D eigenvalue weighted by Gasteiger charge is -2.22. The highest BCUT2D eigenvalue weighted by Crippen LogP contribution is 2.32. The molecule has 1 aliphatic carbocycles. The van der Waals surface area contributed by atoms with Crippen molar-refractivity contribution in [2.75, 3.05) is 10.6 Å². The van der Waals surface area contributed by atoms with Crippen LogP contribution in [0.4, 0.5) is 11.8 Å². The molecule has 0 spiro atoms. The maximum Gasteiger partial charge on any atom is 0.229 e. The van der Waals surface area contributed by atoms with Crippen molar-refractivity contribution in [3.8, 4) is 0 Å². The van der Waals surface area contributed by atoms with Crippen LogP contribution < -0.4 is 10.6 Å². The fraction of sp³-hybridized carbons (Fsp3) is 0.312. The van der Waals surface area contributed by atoms with Gasteiger partial charge in [-0.05, 0) is 18.4 Å². The molecular weight excluding hydrogens is 276 g/mol. The van der Waals surface area contributed by atoms with Gasteiger partial charge in [0.1, 0.15) is 5.82 Å². The fourth-order valence-electron chi connectivity index (χ4n) is 2.69. The van der Waals surface area contributed by atoms with Gasteiger partial charge in [0.25, 0.3) is 0 Å². The molecule has 0 aliphatic heterocycles. The van der Waals surface area contributed by atoms with Crippen molar-refractivity contribution in [1.82, 2.24) is 19.7 Å². The summed E-state index contributed by atoms with van der Waals surface area (Å²) >= 11 is 0. The first-order valence-electron chi connectivity index (χ1n) is 7.48. The minimum Gasteiger partial charge on any atom is -0.383 e. The van der Waals surface area contributed by atoms with E-state index < -0.39 is 0 Å². The summed E-state index contributed by atoms with van der Waals surface area (Å²) in [5, 5.41) is 5.02. The van der Waals surface area contributed by atoms with Crippen LogP contribution in [0, 0.1) is 0 Å². The lowest BCUT2D eigenvalue weighted by molar-refractivity contribution is 0.750. The van der Waals surface area contributed by atoms with Crippen LogP contribution in [-0.4, -0.2) is 25.8 Å².